The molecule has 1 unspecified atom stereocenters. The van der Waals surface area contributed by atoms with E-state index >= 15 is 0 Å². The normalized spacial score (nSPS) is 15.6. The number of carbonyl (C=O) groups is 2. The fourth-order valence-corrected chi connectivity index (χ4v) is 4.60. The molecule has 9 heteroatoms. The van der Waals surface area contributed by atoms with E-state index in [0.717, 1.165) is 12.8 Å². The van der Waals surface area contributed by atoms with Crippen molar-refractivity contribution in [3.63, 3.8) is 0 Å². The molecule has 2 amide bonds. The van der Waals surface area contributed by atoms with E-state index < -0.39 is 22.0 Å². The molecule has 0 bridgehead atoms. The van der Waals surface area contributed by atoms with Crippen molar-refractivity contribution in [3.05, 3.63) is 54.1 Å². The number of rotatable bonds is 7. The van der Waals surface area contributed by atoms with E-state index in [4.69, 9.17) is 5.73 Å². The fraction of sp³-hybridized carbons (Fsp3) is 0.300. The molecule has 1 aliphatic rings. The van der Waals surface area contributed by atoms with Crippen LogP contribution >= 0.6 is 0 Å². The minimum absolute atomic E-state index is 0.220. The number of primary amides is 1. The number of carbonyl (C=O) groups excluding carboxylic acids is 2. The maximum absolute atomic E-state index is 12.5. The lowest BCUT2D eigenvalue weighted by Crippen LogP contribution is -2.32. The van der Waals surface area contributed by atoms with Crippen LogP contribution in [-0.2, 0) is 14.8 Å². The molecule has 3 rings (SSSR count). The third kappa shape index (κ3) is 4.93. The van der Waals surface area contributed by atoms with Crippen LogP contribution in [0.4, 0.5) is 11.4 Å². The molecule has 0 spiro atoms. The third-order valence-electron chi connectivity index (χ3n) is 4.77. The molecule has 1 aliphatic heterocycles. The molecule has 29 heavy (non-hydrogen) atoms. The number of nitrogens with one attached hydrogen (secondary N) is 2. The van der Waals surface area contributed by atoms with Gasteiger partial charge in [-0.25, -0.2) is 8.42 Å². The Morgan fingerprint density at radius 2 is 1.52 bits per heavy atom. The second kappa shape index (κ2) is 8.62. The van der Waals surface area contributed by atoms with Crippen LogP contribution in [0.15, 0.2) is 53.4 Å². The van der Waals surface area contributed by atoms with E-state index in [9.17, 15) is 18.0 Å². The zero-order valence-corrected chi connectivity index (χ0v) is 16.9. The Morgan fingerprint density at radius 1 is 0.966 bits per heavy atom. The summed E-state index contributed by atoms with van der Waals surface area (Å²) in [5, 5.41) is 5.79. The van der Waals surface area contributed by atoms with E-state index in [0.29, 0.717) is 30.0 Å². The van der Waals surface area contributed by atoms with Crippen molar-refractivity contribution in [2.75, 3.05) is 23.7 Å². The maximum atomic E-state index is 12.5. The summed E-state index contributed by atoms with van der Waals surface area (Å²) < 4.78 is 26.6. The zero-order valence-electron chi connectivity index (χ0n) is 16.1. The molecule has 0 radical (unpaired) electrons. The second-order valence-electron chi connectivity index (χ2n) is 6.93. The van der Waals surface area contributed by atoms with Gasteiger partial charge >= 0.3 is 0 Å². The van der Waals surface area contributed by atoms with E-state index in [-0.39, 0.29) is 10.8 Å². The van der Waals surface area contributed by atoms with Crippen molar-refractivity contribution in [1.82, 2.24) is 4.31 Å². The van der Waals surface area contributed by atoms with Gasteiger partial charge in [-0.2, -0.15) is 4.31 Å². The number of benzene rings is 2. The Bertz CT molecular complexity index is 982. The van der Waals surface area contributed by atoms with Crippen LogP contribution in [0.5, 0.6) is 0 Å². The van der Waals surface area contributed by atoms with E-state index in [1.807, 2.05) is 0 Å². The molecule has 0 aliphatic carbocycles. The van der Waals surface area contributed by atoms with E-state index in [1.54, 1.807) is 43.3 Å². The van der Waals surface area contributed by atoms with Gasteiger partial charge in [0.2, 0.25) is 21.8 Å². The molecule has 8 nitrogen and oxygen atoms in total. The first kappa shape index (κ1) is 20.8. The standard InChI is InChI=1S/C20H24N4O4S/c1-14(22-16-6-4-15(5-7-16)19(21)25)20(26)23-17-8-10-18(11-9-17)29(27,28)24-12-2-3-13-24/h4-11,14,22H,2-3,12-13H2,1H3,(H2,21,25)(H,23,26). The maximum Gasteiger partial charge on any atom is 0.248 e. The van der Waals surface area contributed by atoms with Gasteiger partial charge in [0.05, 0.1) is 4.90 Å². The van der Waals surface area contributed by atoms with Crippen LogP contribution in [0.2, 0.25) is 0 Å². The smallest absolute Gasteiger partial charge is 0.248 e. The van der Waals surface area contributed by atoms with Gasteiger partial charge in [0.1, 0.15) is 6.04 Å². The van der Waals surface area contributed by atoms with Crippen molar-refractivity contribution in [3.8, 4) is 0 Å². The van der Waals surface area contributed by atoms with Gasteiger partial charge < -0.3 is 16.4 Å². The summed E-state index contributed by atoms with van der Waals surface area (Å²) in [5.41, 5.74) is 6.77. The lowest BCUT2D eigenvalue weighted by atomic mass is 10.2. The van der Waals surface area contributed by atoms with Gasteiger partial charge in [0.25, 0.3) is 0 Å². The van der Waals surface area contributed by atoms with Crippen LogP contribution in [-0.4, -0.2) is 43.7 Å². The van der Waals surface area contributed by atoms with Crippen molar-refractivity contribution in [1.29, 1.82) is 0 Å². The number of hydrogen-bond acceptors (Lipinski definition) is 5. The lowest BCUT2D eigenvalue weighted by Gasteiger charge is -2.17. The Labute approximate surface area is 170 Å². The molecular formula is C20H24N4O4S. The summed E-state index contributed by atoms with van der Waals surface area (Å²) in [6.45, 7) is 2.79. The van der Waals surface area contributed by atoms with Gasteiger partial charge in [-0.05, 0) is 68.3 Å². The molecular weight excluding hydrogens is 392 g/mol. The minimum Gasteiger partial charge on any atom is -0.374 e. The van der Waals surface area contributed by atoms with Crippen LogP contribution in [0, 0.1) is 0 Å². The van der Waals surface area contributed by atoms with Crippen LogP contribution in [0.25, 0.3) is 0 Å². The fourth-order valence-electron chi connectivity index (χ4n) is 3.08. The monoisotopic (exact) mass is 416 g/mol. The van der Waals surface area contributed by atoms with Crippen LogP contribution in [0.1, 0.15) is 30.1 Å². The topological polar surface area (TPSA) is 122 Å². The Hall–Kier alpha value is -2.91. The average molecular weight is 417 g/mol. The van der Waals surface area contributed by atoms with Crippen LogP contribution < -0.4 is 16.4 Å². The number of sulfonamides is 1. The zero-order chi connectivity index (χ0) is 21.0. The molecule has 1 saturated heterocycles. The largest absolute Gasteiger partial charge is 0.374 e. The van der Waals surface area contributed by atoms with Crippen LogP contribution in [0.3, 0.4) is 0 Å². The quantitative estimate of drug-likeness (QED) is 0.637. The summed E-state index contributed by atoms with van der Waals surface area (Å²) >= 11 is 0. The number of anilines is 2. The number of nitrogens with two attached hydrogens (primary N) is 1. The minimum atomic E-state index is -3.48. The molecule has 0 saturated carbocycles. The number of nitrogens with zero attached hydrogens (tertiary/aromatic N) is 1. The summed E-state index contributed by atoms with van der Waals surface area (Å²) in [5.74, 6) is -0.795. The Morgan fingerprint density at radius 3 is 2.07 bits per heavy atom. The molecule has 2 aromatic rings. The first-order chi connectivity index (χ1) is 13.8. The summed E-state index contributed by atoms with van der Waals surface area (Å²) in [7, 11) is -3.48. The summed E-state index contributed by atoms with van der Waals surface area (Å²) in [4.78, 5) is 23.7. The van der Waals surface area contributed by atoms with Gasteiger partial charge in [-0.1, -0.05) is 0 Å². The van der Waals surface area contributed by atoms with E-state index in [1.165, 1.54) is 16.4 Å². The highest BCUT2D eigenvalue weighted by molar-refractivity contribution is 7.89. The molecule has 1 heterocycles. The summed E-state index contributed by atoms with van der Waals surface area (Å²) in [6.07, 6.45) is 1.76. The molecule has 0 aromatic heterocycles. The Kier molecular flexibility index (Phi) is 6.19. The first-order valence-corrected chi connectivity index (χ1v) is 10.8. The molecule has 1 fully saturated rings. The van der Waals surface area contributed by atoms with Gasteiger partial charge in [0.15, 0.2) is 0 Å². The highest BCUT2D eigenvalue weighted by Crippen LogP contribution is 2.22. The molecule has 2 aromatic carbocycles. The third-order valence-corrected chi connectivity index (χ3v) is 6.68. The predicted octanol–water partition coefficient (Wildman–Crippen LogP) is 2.01. The second-order valence-corrected chi connectivity index (χ2v) is 8.87. The lowest BCUT2D eigenvalue weighted by molar-refractivity contribution is -0.116. The highest BCUT2D eigenvalue weighted by atomic mass is 32.2. The van der Waals surface area contributed by atoms with Crippen molar-refractivity contribution < 1.29 is 18.0 Å². The van der Waals surface area contributed by atoms with Crippen molar-refractivity contribution in [2.24, 2.45) is 5.73 Å². The summed E-state index contributed by atoms with van der Waals surface area (Å²) in [6, 6.07) is 12.1. The Balaban J connectivity index is 1.60. The van der Waals surface area contributed by atoms with Crippen molar-refractivity contribution >= 4 is 33.2 Å². The highest BCUT2D eigenvalue weighted by Gasteiger charge is 2.27. The number of amides is 2. The van der Waals surface area contributed by atoms with Gasteiger partial charge in [-0.15, -0.1) is 0 Å². The molecule has 4 N–H and O–H groups in total. The average Bonchev–Trinajstić information content (AvgIpc) is 3.24. The van der Waals surface area contributed by atoms with E-state index in [2.05, 4.69) is 10.6 Å². The van der Waals surface area contributed by atoms with Crippen molar-refractivity contribution in [2.45, 2.75) is 30.7 Å². The van der Waals surface area contributed by atoms with Gasteiger partial charge in [-0.3, -0.25) is 9.59 Å². The number of hydrogen-bond donors (Lipinski definition) is 3. The molecule has 1 atom stereocenters. The molecule has 154 valence electrons. The SMILES string of the molecule is CC(Nc1ccc(C(N)=O)cc1)C(=O)Nc1ccc(S(=O)(=O)N2CCCC2)cc1. The predicted molar refractivity (Wildman–Crippen MR) is 111 cm³/mol. The first-order valence-electron chi connectivity index (χ1n) is 9.35. The van der Waals surface area contributed by atoms with Gasteiger partial charge in [0, 0.05) is 30.0 Å².